The van der Waals surface area contributed by atoms with E-state index in [0.29, 0.717) is 11.1 Å². The first-order valence-corrected chi connectivity index (χ1v) is 11.8. The van der Waals surface area contributed by atoms with Gasteiger partial charge in [0, 0.05) is 23.1 Å². The molecule has 178 valence electrons. The molecular weight excluding hydrogens is 454 g/mol. The third-order valence-corrected chi connectivity index (χ3v) is 6.84. The fraction of sp³-hybridized carbons (Fsp3) is 0.133. The van der Waals surface area contributed by atoms with Gasteiger partial charge in [-0.25, -0.2) is 9.59 Å². The van der Waals surface area contributed by atoms with Gasteiger partial charge in [-0.1, -0.05) is 84.9 Å². The number of rotatable bonds is 6. The molecule has 0 radical (unpaired) electrons. The molecule has 1 heterocycles. The molecule has 5 aromatic rings. The maximum absolute atomic E-state index is 12.7. The zero-order valence-corrected chi connectivity index (χ0v) is 19.3. The van der Waals surface area contributed by atoms with E-state index in [4.69, 9.17) is 9.15 Å². The van der Waals surface area contributed by atoms with E-state index in [0.717, 1.165) is 38.6 Å². The Kier molecular flexibility index (Phi) is 5.41. The van der Waals surface area contributed by atoms with E-state index in [-0.39, 0.29) is 18.9 Å². The van der Waals surface area contributed by atoms with E-state index >= 15 is 0 Å². The van der Waals surface area contributed by atoms with Crippen LogP contribution in [0.4, 0.5) is 4.79 Å². The lowest BCUT2D eigenvalue weighted by molar-refractivity contribution is -0.139. The summed E-state index contributed by atoms with van der Waals surface area (Å²) in [6.45, 7) is 0.116. The molecule has 1 unspecified atom stereocenters. The van der Waals surface area contributed by atoms with Gasteiger partial charge in [-0.05, 0) is 33.9 Å². The number of benzene rings is 4. The molecule has 6 rings (SSSR count). The quantitative estimate of drug-likeness (QED) is 0.308. The number of para-hydroxylation sites is 2. The topological polar surface area (TPSA) is 88.8 Å². The predicted molar refractivity (Wildman–Crippen MR) is 137 cm³/mol. The minimum atomic E-state index is -1.17. The molecule has 0 saturated heterocycles. The van der Waals surface area contributed by atoms with Crippen molar-refractivity contribution >= 4 is 34.0 Å². The lowest BCUT2D eigenvalue weighted by Crippen LogP contribution is -2.42. The second-order valence-electron chi connectivity index (χ2n) is 8.96. The lowest BCUT2D eigenvalue weighted by atomic mass is 9.98. The minimum absolute atomic E-state index is 0.0662. The Hall–Kier alpha value is -4.58. The number of hydrogen-bond acceptors (Lipinski definition) is 4. The number of ether oxygens (including phenoxy) is 1. The van der Waals surface area contributed by atoms with Crippen LogP contribution >= 0.6 is 0 Å². The maximum atomic E-state index is 12.7. The summed E-state index contributed by atoms with van der Waals surface area (Å²) in [6.07, 6.45) is -0.697. The van der Waals surface area contributed by atoms with Crippen molar-refractivity contribution in [2.75, 3.05) is 6.61 Å². The fourth-order valence-electron chi connectivity index (χ4n) is 5.17. The summed E-state index contributed by atoms with van der Waals surface area (Å²) >= 11 is 0. The molecule has 6 heteroatoms. The molecule has 1 aliphatic rings. The van der Waals surface area contributed by atoms with Gasteiger partial charge < -0.3 is 19.6 Å². The molecule has 2 N–H and O–H groups in total. The Bertz CT molecular complexity index is 1570. The van der Waals surface area contributed by atoms with Crippen LogP contribution in [0, 0.1) is 0 Å². The van der Waals surface area contributed by atoms with Crippen LogP contribution in [0.5, 0.6) is 0 Å². The zero-order chi connectivity index (χ0) is 24.6. The zero-order valence-electron chi connectivity index (χ0n) is 19.3. The third-order valence-electron chi connectivity index (χ3n) is 6.84. The molecule has 1 aromatic heterocycles. The van der Waals surface area contributed by atoms with Gasteiger partial charge in [0.25, 0.3) is 0 Å². The summed E-state index contributed by atoms with van der Waals surface area (Å²) in [6, 6.07) is 28.3. The molecule has 0 saturated carbocycles. The Morgan fingerprint density at radius 1 is 0.833 bits per heavy atom. The average molecular weight is 478 g/mol. The summed E-state index contributed by atoms with van der Waals surface area (Å²) in [5.74, 6) is -1.24. The number of fused-ring (bicyclic) bond motifs is 6. The number of carbonyl (C=O) groups is 2. The predicted octanol–water partition coefficient (Wildman–Crippen LogP) is 6.12. The Labute approximate surface area is 207 Å². The van der Waals surface area contributed by atoms with E-state index in [1.54, 1.807) is 0 Å². The van der Waals surface area contributed by atoms with E-state index in [2.05, 4.69) is 17.4 Å². The van der Waals surface area contributed by atoms with Gasteiger partial charge in [0.2, 0.25) is 0 Å². The standard InChI is InChI=1S/C30H23NO5/c32-29(33)26(16-18-8-7-14-24-23-13-5-6-15-27(23)36-28(18)24)31-30(34)35-17-25-21-11-3-1-9-19(21)20-10-2-4-12-22(20)25/h1-15,25-26H,16-17H2,(H,31,34)(H,32,33). The van der Waals surface area contributed by atoms with Gasteiger partial charge in [-0.3, -0.25) is 0 Å². The van der Waals surface area contributed by atoms with Crippen LogP contribution in [0.1, 0.15) is 22.6 Å². The molecule has 0 fully saturated rings. The van der Waals surface area contributed by atoms with Gasteiger partial charge in [-0.15, -0.1) is 0 Å². The van der Waals surface area contributed by atoms with Crippen LogP contribution in [0.25, 0.3) is 33.1 Å². The first-order chi connectivity index (χ1) is 17.6. The number of carboxylic acid groups (broad SMARTS) is 1. The summed E-state index contributed by atoms with van der Waals surface area (Å²) < 4.78 is 11.6. The summed E-state index contributed by atoms with van der Waals surface area (Å²) in [5, 5.41) is 14.2. The first-order valence-electron chi connectivity index (χ1n) is 11.8. The smallest absolute Gasteiger partial charge is 0.407 e. The number of amides is 1. The van der Waals surface area contributed by atoms with Gasteiger partial charge in [0.15, 0.2) is 0 Å². The lowest BCUT2D eigenvalue weighted by Gasteiger charge is -2.17. The van der Waals surface area contributed by atoms with Crippen molar-refractivity contribution in [2.45, 2.75) is 18.4 Å². The van der Waals surface area contributed by atoms with Crippen LogP contribution in [-0.2, 0) is 16.0 Å². The second kappa shape index (κ2) is 8.89. The first kappa shape index (κ1) is 21.9. The minimum Gasteiger partial charge on any atom is -0.480 e. The number of nitrogens with one attached hydrogen (secondary N) is 1. The van der Waals surface area contributed by atoms with Crippen LogP contribution in [0.2, 0.25) is 0 Å². The highest BCUT2D eigenvalue weighted by molar-refractivity contribution is 6.05. The van der Waals surface area contributed by atoms with Gasteiger partial charge in [0.1, 0.15) is 23.8 Å². The Morgan fingerprint density at radius 3 is 2.19 bits per heavy atom. The van der Waals surface area contributed by atoms with Crippen LogP contribution < -0.4 is 5.32 Å². The van der Waals surface area contributed by atoms with Crippen molar-refractivity contribution in [3.63, 3.8) is 0 Å². The van der Waals surface area contributed by atoms with Gasteiger partial charge >= 0.3 is 12.1 Å². The van der Waals surface area contributed by atoms with Crippen molar-refractivity contribution in [3.8, 4) is 11.1 Å². The molecule has 0 aliphatic heterocycles. The summed E-state index contributed by atoms with van der Waals surface area (Å²) in [4.78, 5) is 24.7. The summed E-state index contributed by atoms with van der Waals surface area (Å²) in [7, 11) is 0. The van der Waals surface area contributed by atoms with Crippen molar-refractivity contribution in [1.82, 2.24) is 5.32 Å². The SMILES string of the molecule is O=C(NC(Cc1cccc2c1oc1ccccc12)C(=O)O)OCC1c2ccccc2-c2ccccc21. The van der Waals surface area contributed by atoms with E-state index < -0.39 is 18.1 Å². The number of hydrogen-bond donors (Lipinski definition) is 2. The highest BCUT2D eigenvalue weighted by Gasteiger charge is 2.30. The molecule has 1 aliphatic carbocycles. The maximum Gasteiger partial charge on any atom is 0.407 e. The third kappa shape index (κ3) is 3.77. The van der Waals surface area contributed by atoms with Crippen molar-refractivity contribution in [3.05, 3.63) is 108 Å². The molecule has 4 aromatic carbocycles. The number of aliphatic carboxylic acids is 1. The fourth-order valence-corrected chi connectivity index (χ4v) is 5.17. The number of alkyl carbamates (subject to hydrolysis) is 1. The number of furan rings is 1. The van der Waals surface area contributed by atoms with E-state index in [1.807, 2.05) is 78.9 Å². The van der Waals surface area contributed by atoms with Crippen molar-refractivity contribution in [2.24, 2.45) is 0 Å². The molecule has 36 heavy (non-hydrogen) atoms. The number of carbonyl (C=O) groups excluding carboxylic acids is 1. The largest absolute Gasteiger partial charge is 0.480 e. The molecule has 1 atom stereocenters. The van der Waals surface area contributed by atoms with Crippen molar-refractivity contribution in [1.29, 1.82) is 0 Å². The normalized spacial score (nSPS) is 13.3. The van der Waals surface area contributed by atoms with Gasteiger partial charge in [-0.2, -0.15) is 0 Å². The molecular formula is C30H23NO5. The monoisotopic (exact) mass is 477 g/mol. The molecule has 6 nitrogen and oxygen atoms in total. The van der Waals surface area contributed by atoms with Crippen molar-refractivity contribution < 1.29 is 23.8 Å². The highest BCUT2D eigenvalue weighted by atomic mass is 16.5. The van der Waals surface area contributed by atoms with Crippen LogP contribution in [0.15, 0.2) is 95.4 Å². The van der Waals surface area contributed by atoms with Crippen LogP contribution in [-0.4, -0.2) is 29.8 Å². The average Bonchev–Trinajstić information content (AvgIpc) is 3.43. The van der Waals surface area contributed by atoms with E-state index in [9.17, 15) is 14.7 Å². The second-order valence-corrected chi connectivity index (χ2v) is 8.96. The van der Waals surface area contributed by atoms with E-state index in [1.165, 1.54) is 0 Å². The number of carboxylic acids is 1. The Morgan fingerprint density at radius 2 is 1.47 bits per heavy atom. The molecule has 1 amide bonds. The molecule has 0 spiro atoms. The summed E-state index contributed by atoms with van der Waals surface area (Å²) in [5.41, 5.74) is 6.51. The highest BCUT2D eigenvalue weighted by Crippen LogP contribution is 2.44. The van der Waals surface area contributed by atoms with Crippen LogP contribution in [0.3, 0.4) is 0 Å². The molecule has 0 bridgehead atoms. The van der Waals surface area contributed by atoms with Gasteiger partial charge in [0.05, 0.1) is 0 Å². The Balaban J connectivity index is 1.19.